The lowest BCUT2D eigenvalue weighted by atomic mass is 9.73. The van der Waals surface area contributed by atoms with Gasteiger partial charge < -0.3 is 15.3 Å². The molecule has 0 saturated carbocycles. The summed E-state index contributed by atoms with van der Waals surface area (Å²) >= 11 is 24.7. The highest BCUT2D eigenvalue weighted by Crippen LogP contribution is 2.61. The molecular weight excluding hydrogens is 574 g/mol. The van der Waals surface area contributed by atoms with Crippen LogP contribution in [0.15, 0.2) is 30.3 Å². The number of amides is 2. The molecule has 2 aromatic carbocycles. The fraction of sp³-hybridized carbons (Fsp3) is 0.375. The van der Waals surface area contributed by atoms with Gasteiger partial charge in [-0.15, -0.1) is 0 Å². The molecule has 2 aromatic rings. The van der Waals surface area contributed by atoms with E-state index in [9.17, 15) is 28.3 Å². The first-order chi connectivity index (χ1) is 17.3. The molecule has 0 aromatic heterocycles. The Bertz CT molecular complexity index is 1340. The minimum Gasteiger partial charge on any atom is -0.481 e. The first kappa shape index (κ1) is 26.4. The summed E-state index contributed by atoms with van der Waals surface area (Å²) in [4.78, 5) is 43.0. The lowest BCUT2D eigenvalue weighted by Crippen LogP contribution is -2.54. The van der Waals surface area contributed by atoms with Crippen LogP contribution >= 0.6 is 46.4 Å². The normalized spacial score (nSPS) is 27.8. The fourth-order valence-electron chi connectivity index (χ4n) is 6.12. The molecule has 5 rings (SSSR count). The van der Waals surface area contributed by atoms with Gasteiger partial charge in [0.2, 0.25) is 5.91 Å². The van der Waals surface area contributed by atoms with Crippen molar-refractivity contribution in [2.24, 2.45) is 11.8 Å². The lowest BCUT2D eigenvalue weighted by molar-refractivity contribution is -0.153. The highest BCUT2D eigenvalue weighted by molar-refractivity contribution is 6.38. The number of carboxylic acids is 1. The van der Waals surface area contributed by atoms with Crippen LogP contribution in [0.5, 0.6) is 0 Å². The Labute approximate surface area is 230 Å². The zero-order chi connectivity index (χ0) is 27.0. The number of rotatable bonds is 4. The molecule has 0 aliphatic carbocycles. The highest BCUT2D eigenvalue weighted by atomic mass is 35.5. The van der Waals surface area contributed by atoms with Crippen molar-refractivity contribution in [3.05, 3.63) is 56.0 Å². The van der Waals surface area contributed by atoms with E-state index in [2.05, 4.69) is 5.32 Å². The first-order valence-electron chi connectivity index (χ1n) is 11.3. The summed E-state index contributed by atoms with van der Waals surface area (Å²) in [6.07, 6.45) is -0.806. The van der Waals surface area contributed by atoms with E-state index in [1.807, 2.05) is 0 Å². The van der Waals surface area contributed by atoms with Crippen LogP contribution in [0, 0.1) is 11.8 Å². The molecule has 2 amide bonds. The third-order valence-electron chi connectivity index (χ3n) is 7.33. The van der Waals surface area contributed by atoms with E-state index in [4.69, 9.17) is 46.4 Å². The van der Waals surface area contributed by atoms with Gasteiger partial charge >= 0.3 is 5.97 Å². The predicted octanol–water partition coefficient (Wildman–Crippen LogP) is 5.54. The van der Waals surface area contributed by atoms with Crippen LogP contribution in [0.2, 0.25) is 20.1 Å². The zero-order valence-electron chi connectivity index (χ0n) is 19.1. The summed E-state index contributed by atoms with van der Waals surface area (Å²) in [7, 11) is 0. The van der Waals surface area contributed by atoms with Crippen LogP contribution in [0.3, 0.4) is 0 Å². The standard InChI is InChI=1S/C24H19Cl4F2N3O4/c1-2-32(13-4-10(25)3-11(26)5-13)20(34)17-16-8-23(29,30)9-33(16)24(18(17)21(35)36)14-6-12(27)7-15(28)19(14)31-22(24)37/h3-7,16-18H,2,8-9H2,1H3,(H,31,37)(H,35,36)/t16-,17?,18-,24+/m1/s1. The number of carbonyl (C=O) groups excluding carboxylic acids is 2. The van der Waals surface area contributed by atoms with E-state index in [-0.39, 0.29) is 43.6 Å². The van der Waals surface area contributed by atoms with E-state index in [1.54, 1.807) is 6.92 Å². The topological polar surface area (TPSA) is 90.0 Å². The van der Waals surface area contributed by atoms with Gasteiger partial charge in [0.15, 0.2) is 0 Å². The monoisotopic (exact) mass is 591 g/mol. The quantitative estimate of drug-likeness (QED) is 0.486. The maximum atomic E-state index is 14.9. The molecule has 3 aliphatic heterocycles. The summed E-state index contributed by atoms with van der Waals surface area (Å²) in [5, 5.41) is 13.6. The number of alkyl halides is 2. The van der Waals surface area contributed by atoms with E-state index in [1.165, 1.54) is 35.2 Å². The molecule has 196 valence electrons. The molecule has 1 spiro atoms. The molecule has 3 heterocycles. The summed E-state index contributed by atoms with van der Waals surface area (Å²) in [6, 6.07) is 5.82. The van der Waals surface area contributed by atoms with Crippen LogP contribution in [0.4, 0.5) is 20.2 Å². The van der Waals surface area contributed by atoms with E-state index in [0.29, 0.717) is 0 Å². The summed E-state index contributed by atoms with van der Waals surface area (Å²) in [5.74, 6) is -9.60. The smallest absolute Gasteiger partial charge is 0.310 e. The molecule has 7 nitrogen and oxygen atoms in total. The Kier molecular flexibility index (Phi) is 6.39. The summed E-state index contributed by atoms with van der Waals surface area (Å²) in [6.45, 7) is 0.789. The van der Waals surface area contributed by atoms with Crippen LogP contribution in [0.1, 0.15) is 18.9 Å². The Balaban J connectivity index is 1.73. The Morgan fingerprint density at radius 3 is 2.32 bits per heavy atom. The Hall–Kier alpha value is -2.17. The molecular formula is C24H19Cl4F2N3O4. The van der Waals surface area contributed by atoms with E-state index < -0.39 is 60.1 Å². The predicted molar refractivity (Wildman–Crippen MR) is 136 cm³/mol. The van der Waals surface area contributed by atoms with Crippen molar-refractivity contribution in [1.82, 2.24) is 4.90 Å². The molecule has 13 heteroatoms. The summed E-state index contributed by atoms with van der Waals surface area (Å²) < 4.78 is 29.8. The number of nitrogens with zero attached hydrogens (tertiary/aromatic N) is 2. The number of halogens is 6. The molecule has 4 atom stereocenters. The number of aliphatic carboxylic acids is 1. The zero-order valence-corrected chi connectivity index (χ0v) is 22.1. The molecule has 3 aliphatic rings. The summed E-state index contributed by atoms with van der Waals surface area (Å²) in [5.41, 5.74) is -1.73. The minimum atomic E-state index is -3.28. The van der Waals surface area contributed by atoms with Gasteiger partial charge in [0.05, 0.1) is 23.2 Å². The maximum absolute atomic E-state index is 14.9. The third kappa shape index (κ3) is 3.89. The number of hydrogen-bond donors (Lipinski definition) is 2. The van der Waals surface area contributed by atoms with Crippen molar-refractivity contribution in [3.63, 3.8) is 0 Å². The molecule has 0 bridgehead atoms. The third-order valence-corrected chi connectivity index (χ3v) is 8.28. The lowest BCUT2D eigenvalue weighted by Gasteiger charge is -2.36. The number of benzene rings is 2. The van der Waals surface area contributed by atoms with Crippen LogP contribution < -0.4 is 10.2 Å². The van der Waals surface area contributed by atoms with Gasteiger partial charge in [0, 0.05) is 45.3 Å². The second-order valence-electron chi connectivity index (χ2n) is 9.34. The number of nitrogens with one attached hydrogen (secondary N) is 1. The van der Waals surface area contributed by atoms with Gasteiger partial charge in [0.1, 0.15) is 11.5 Å². The van der Waals surface area contributed by atoms with Crippen molar-refractivity contribution in [2.75, 3.05) is 23.3 Å². The maximum Gasteiger partial charge on any atom is 0.310 e. The van der Waals surface area contributed by atoms with Gasteiger partial charge in [-0.05, 0) is 37.3 Å². The number of fused-ring (bicyclic) bond motifs is 4. The molecule has 37 heavy (non-hydrogen) atoms. The van der Waals surface area contributed by atoms with Crippen molar-refractivity contribution >= 4 is 75.6 Å². The average molecular weight is 593 g/mol. The largest absolute Gasteiger partial charge is 0.481 e. The van der Waals surface area contributed by atoms with E-state index in [0.717, 1.165) is 4.90 Å². The van der Waals surface area contributed by atoms with E-state index >= 15 is 0 Å². The van der Waals surface area contributed by atoms with Crippen molar-refractivity contribution in [3.8, 4) is 0 Å². The average Bonchev–Trinajstić information content (AvgIpc) is 3.34. The van der Waals surface area contributed by atoms with Gasteiger partial charge in [0.25, 0.3) is 11.8 Å². The number of anilines is 2. The van der Waals surface area contributed by atoms with Crippen molar-refractivity contribution in [1.29, 1.82) is 0 Å². The second kappa shape index (κ2) is 8.95. The number of carboxylic acid groups (broad SMARTS) is 1. The number of hydrogen-bond acceptors (Lipinski definition) is 4. The molecule has 0 radical (unpaired) electrons. The van der Waals surface area contributed by atoms with Gasteiger partial charge in [-0.25, -0.2) is 8.78 Å². The molecule has 2 fully saturated rings. The second-order valence-corrected chi connectivity index (χ2v) is 11.1. The van der Waals surface area contributed by atoms with Crippen molar-refractivity contribution in [2.45, 2.75) is 30.8 Å². The van der Waals surface area contributed by atoms with Gasteiger partial charge in [-0.3, -0.25) is 19.3 Å². The molecule has 1 unspecified atom stereocenters. The van der Waals surface area contributed by atoms with Crippen LogP contribution in [0.25, 0.3) is 0 Å². The van der Waals surface area contributed by atoms with Gasteiger partial charge in [-0.2, -0.15) is 0 Å². The molecule has 2 N–H and O–H groups in total. The number of carbonyl (C=O) groups is 3. The fourth-order valence-corrected chi connectivity index (χ4v) is 7.18. The SMILES string of the molecule is CCN(C(=O)C1[C@H]2CC(F)(F)CN2[C@]2(C(=O)Nc3c(Cl)cc(Cl)cc32)[C@H]1C(=O)O)c1cc(Cl)cc(Cl)c1. The Morgan fingerprint density at radius 1 is 1.11 bits per heavy atom. The van der Waals surface area contributed by atoms with Gasteiger partial charge in [-0.1, -0.05) is 46.4 Å². The van der Waals surface area contributed by atoms with Crippen LogP contribution in [-0.2, 0) is 19.9 Å². The van der Waals surface area contributed by atoms with Crippen LogP contribution in [-0.4, -0.2) is 52.8 Å². The first-order valence-corrected chi connectivity index (χ1v) is 12.8. The molecule has 2 saturated heterocycles. The van der Waals surface area contributed by atoms with Crippen molar-refractivity contribution < 1.29 is 28.3 Å². The Morgan fingerprint density at radius 2 is 1.73 bits per heavy atom. The minimum absolute atomic E-state index is 0.0258. The highest BCUT2D eigenvalue weighted by Gasteiger charge is 2.74.